The van der Waals surface area contributed by atoms with Crippen LogP contribution in [0, 0.1) is 0 Å². The van der Waals surface area contributed by atoms with Crippen LogP contribution in [0.2, 0.25) is 0 Å². The van der Waals surface area contributed by atoms with E-state index in [0.717, 1.165) is 36.0 Å². The minimum absolute atomic E-state index is 0.0851. The van der Waals surface area contributed by atoms with Gasteiger partial charge in [0.1, 0.15) is 18.5 Å². The summed E-state index contributed by atoms with van der Waals surface area (Å²) < 4.78 is 9.00. The lowest BCUT2D eigenvalue weighted by molar-refractivity contribution is 0.108. The van der Waals surface area contributed by atoms with E-state index < -0.39 is 6.10 Å². The first-order valence-corrected chi connectivity index (χ1v) is 11.7. The van der Waals surface area contributed by atoms with E-state index >= 15 is 0 Å². The Hall–Kier alpha value is -3.35. The summed E-state index contributed by atoms with van der Waals surface area (Å²) in [7, 11) is 3.48. The molecule has 0 spiro atoms. The van der Waals surface area contributed by atoms with Crippen LogP contribution in [-0.2, 0) is 27.1 Å². The second-order valence-electron chi connectivity index (χ2n) is 8.93. The largest absolute Gasteiger partial charge is 0.491 e. The molecular weight excluding hydrogens is 426 g/mol. The molecule has 0 saturated carbocycles. The van der Waals surface area contributed by atoms with Gasteiger partial charge >= 0.3 is 5.69 Å². The van der Waals surface area contributed by atoms with Crippen LogP contribution >= 0.6 is 0 Å². The van der Waals surface area contributed by atoms with Gasteiger partial charge in [-0.1, -0.05) is 48.5 Å². The van der Waals surface area contributed by atoms with Crippen LogP contribution in [0.25, 0.3) is 11.0 Å². The fourth-order valence-electron chi connectivity index (χ4n) is 4.13. The minimum Gasteiger partial charge on any atom is -0.491 e. The van der Waals surface area contributed by atoms with E-state index in [-0.39, 0.29) is 12.3 Å². The fourth-order valence-corrected chi connectivity index (χ4v) is 4.13. The maximum absolute atomic E-state index is 12.1. The van der Waals surface area contributed by atoms with E-state index in [2.05, 4.69) is 36.5 Å². The van der Waals surface area contributed by atoms with Gasteiger partial charge in [0.15, 0.2) is 0 Å². The summed E-state index contributed by atoms with van der Waals surface area (Å²) in [5.41, 5.74) is 4.82. The molecule has 34 heavy (non-hydrogen) atoms. The summed E-state index contributed by atoms with van der Waals surface area (Å²) in [5, 5.41) is 14.2. The first kappa shape index (κ1) is 23.8. The molecule has 0 saturated heterocycles. The molecule has 2 N–H and O–H groups in total. The quantitative estimate of drug-likeness (QED) is 0.375. The van der Waals surface area contributed by atoms with Crippen molar-refractivity contribution in [3.63, 3.8) is 0 Å². The van der Waals surface area contributed by atoms with Crippen molar-refractivity contribution in [1.82, 2.24) is 14.5 Å². The highest BCUT2D eigenvalue weighted by Gasteiger charge is 2.13. The number of aromatic nitrogens is 2. The SMILES string of the molecule is C[C@H](CCc1ccccc1)NCc1ccc(OC[C@@H](O)c2ccc3c(c2)n(C)c(=O)n3C)cc1. The normalized spacial score (nSPS) is 13.2. The highest BCUT2D eigenvalue weighted by atomic mass is 16.5. The molecule has 1 aromatic heterocycles. The first-order chi connectivity index (χ1) is 16.4. The maximum Gasteiger partial charge on any atom is 0.328 e. The zero-order valence-electron chi connectivity index (χ0n) is 20.1. The van der Waals surface area contributed by atoms with Gasteiger partial charge < -0.3 is 15.2 Å². The molecule has 4 rings (SSSR count). The summed E-state index contributed by atoms with van der Waals surface area (Å²) in [6.45, 7) is 3.15. The van der Waals surface area contributed by atoms with Crippen LogP contribution in [0.5, 0.6) is 5.75 Å². The van der Waals surface area contributed by atoms with Gasteiger partial charge in [-0.25, -0.2) is 4.79 Å². The molecule has 0 unspecified atom stereocenters. The highest BCUT2D eigenvalue weighted by Crippen LogP contribution is 2.21. The van der Waals surface area contributed by atoms with Crippen molar-refractivity contribution in [2.75, 3.05) is 6.61 Å². The zero-order chi connectivity index (χ0) is 24.1. The smallest absolute Gasteiger partial charge is 0.328 e. The standard InChI is InChI=1S/C28H33N3O3/c1-20(9-10-21-7-5-4-6-8-21)29-18-22-11-14-24(15-12-22)34-19-27(32)23-13-16-25-26(17-23)31(3)28(33)30(25)2/h4-8,11-17,20,27,29,32H,9-10,18-19H2,1-3H3/t20-,27-/m1/s1. The molecule has 178 valence electrons. The number of fused-ring (bicyclic) bond motifs is 1. The van der Waals surface area contributed by atoms with Crippen LogP contribution in [0.1, 0.15) is 36.1 Å². The lowest BCUT2D eigenvalue weighted by Crippen LogP contribution is -2.25. The van der Waals surface area contributed by atoms with Gasteiger partial charge in [-0.05, 0) is 60.7 Å². The molecule has 6 heteroatoms. The number of benzene rings is 3. The molecule has 1 heterocycles. The Labute approximate surface area is 200 Å². The number of nitrogens with one attached hydrogen (secondary N) is 1. The van der Waals surface area contributed by atoms with Gasteiger partial charge in [-0.15, -0.1) is 0 Å². The summed E-state index contributed by atoms with van der Waals surface area (Å²) >= 11 is 0. The molecule has 0 aliphatic heterocycles. The Kier molecular flexibility index (Phi) is 7.50. The highest BCUT2D eigenvalue weighted by molar-refractivity contribution is 5.77. The molecule has 0 bridgehead atoms. The van der Waals surface area contributed by atoms with Gasteiger partial charge in [-0.2, -0.15) is 0 Å². The Balaban J connectivity index is 1.26. The van der Waals surface area contributed by atoms with Gasteiger partial charge in [0.25, 0.3) is 0 Å². The van der Waals surface area contributed by atoms with E-state index in [4.69, 9.17) is 4.74 Å². The number of imidazole rings is 1. The molecule has 0 amide bonds. The number of aliphatic hydroxyl groups is 1. The Bertz CT molecular complexity index is 1280. The van der Waals surface area contributed by atoms with E-state index in [9.17, 15) is 9.90 Å². The molecule has 0 radical (unpaired) electrons. The van der Waals surface area contributed by atoms with Crippen molar-refractivity contribution in [2.24, 2.45) is 14.1 Å². The van der Waals surface area contributed by atoms with Crippen molar-refractivity contribution in [3.8, 4) is 5.75 Å². The third-order valence-corrected chi connectivity index (χ3v) is 6.38. The predicted octanol–water partition coefficient (Wildman–Crippen LogP) is 4.10. The molecular formula is C28H33N3O3. The predicted molar refractivity (Wildman–Crippen MR) is 136 cm³/mol. The average molecular weight is 460 g/mol. The van der Waals surface area contributed by atoms with Crippen molar-refractivity contribution in [3.05, 3.63) is 100.0 Å². The molecule has 0 aliphatic rings. The molecule has 0 fully saturated rings. The van der Waals surface area contributed by atoms with Crippen LogP contribution in [0.4, 0.5) is 0 Å². The van der Waals surface area contributed by atoms with Gasteiger partial charge in [0.05, 0.1) is 11.0 Å². The van der Waals surface area contributed by atoms with E-state index in [1.807, 2.05) is 48.5 Å². The van der Waals surface area contributed by atoms with Crippen molar-refractivity contribution in [1.29, 1.82) is 0 Å². The fraction of sp³-hybridized carbons (Fsp3) is 0.321. The third-order valence-electron chi connectivity index (χ3n) is 6.38. The molecule has 3 aromatic carbocycles. The van der Waals surface area contributed by atoms with Crippen LogP contribution in [0.3, 0.4) is 0 Å². The lowest BCUT2D eigenvalue weighted by atomic mass is 10.1. The first-order valence-electron chi connectivity index (χ1n) is 11.7. The van der Waals surface area contributed by atoms with Crippen molar-refractivity contribution >= 4 is 11.0 Å². The van der Waals surface area contributed by atoms with Crippen molar-refractivity contribution < 1.29 is 9.84 Å². The maximum atomic E-state index is 12.1. The second kappa shape index (κ2) is 10.7. The number of hydrogen-bond donors (Lipinski definition) is 2. The van der Waals surface area contributed by atoms with Gasteiger partial charge in [0, 0.05) is 26.7 Å². The Morgan fingerprint density at radius 3 is 2.35 bits per heavy atom. The lowest BCUT2D eigenvalue weighted by Gasteiger charge is -2.15. The third kappa shape index (κ3) is 5.58. The van der Waals surface area contributed by atoms with Gasteiger partial charge in [-0.3, -0.25) is 9.13 Å². The Morgan fingerprint density at radius 1 is 0.912 bits per heavy atom. The Morgan fingerprint density at radius 2 is 1.62 bits per heavy atom. The number of nitrogens with zero attached hydrogens (tertiary/aromatic N) is 2. The summed E-state index contributed by atoms with van der Waals surface area (Å²) in [6, 6.07) is 24.5. The summed E-state index contributed by atoms with van der Waals surface area (Å²) in [6.07, 6.45) is 1.37. The molecule has 6 nitrogen and oxygen atoms in total. The molecule has 2 atom stereocenters. The number of ether oxygens (including phenoxy) is 1. The van der Waals surface area contributed by atoms with Crippen LogP contribution < -0.4 is 15.7 Å². The number of aliphatic hydroxyl groups excluding tert-OH is 1. The molecule has 0 aliphatic carbocycles. The number of rotatable bonds is 10. The van der Waals surface area contributed by atoms with Crippen LogP contribution in [0.15, 0.2) is 77.6 Å². The number of hydrogen-bond acceptors (Lipinski definition) is 4. The minimum atomic E-state index is -0.786. The van der Waals surface area contributed by atoms with Crippen LogP contribution in [-0.4, -0.2) is 26.9 Å². The summed E-state index contributed by atoms with van der Waals surface area (Å²) in [5.74, 6) is 0.716. The molecule has 4 aromatic rings. The van der Waals surface area contributed by atoms with Gasteiger partial charge in [0.2, 0.25) is 0 Å². The number of aryl methyl sites for hydroxylation is 3. The topological polar surface area (TPSA) is 68.4 Å². The second-order valence-corrected chi connectivity index (χ2v) is 8.93. The monoisotopic (exact) mass is 459 g/mol. The van der Waals surface area contributed by atoms with E-state index in [0.29, 0.717) is 11.8 Å². The van der Waals surface area contributed by atoms with E-state index in [1.54, 1.807) is 23.2 Å². The summed E-state index contributed by atoms with van der Waals surface area (Å²) in [4.78, 5) is 12.1. The zero-order valence-corrected chi connectivity index (χ0v) is 20.1. The van der Waals surface area contributed by atoms with Crippen molar-refractivity contribution in [2.45, 2.75) is 38.5 Å². The average Bonchev–Trinajstić information content (AvgIpc) is 3.09. The van der Waals surface area contributed by atoms with E-state index in [1.165, 1.54) is 11.1 Å².